The Bertz CT molecular complexity index is 454. The summed E-state index contributed by atoms with van der Waals surface area (Å²) in [5.41, 5.74) is -0.585. The zero-order valence-corrected chi connectivity index (χ0v) is 13.3. The first-order valence-electron chi connectivity index (χ1n) is 6.76. The second-order valence-electron chi connectivity index (χ2n) is 6.03. The lowest BCUT2D eigenvalue weighted by molar-refractivity contribution is 0.0513. The number of alkyl halides is 2. The molecule has 9 heteroatoms. The maximum atomic E-state index is 12.4. The van der Waals surface area contributed by atoms with E-state index in [0.29, 0.717) is 19.4 Å². The second-order valence-corrected chi connectivity index (χ2v) is 7.93. The fraction of sp³-hybridized carbons (Fsp3) is 0.917. The molecule has 1 heterocycles. The Labute approximate surface area is 123 Å². The van der Waals surface area contributed by atoms with Gasteiger partial charge in [-0.3, -0.25) is 0 Å². The Balaban J connectivity index is 2.36. The van der Waals surface area contributed by atoms with Gasteiger partial charge in [0.25, 0.3) is 10.0 Å². The van der Waals surface area contributed by atoms with Crippen molar-refractivity contribution in [3.63, 3.8) is 0 Å². The maximum Gasteiger partial charge on any atom is 0.407 e. The van der Waals surface area contributed by atoms with Crippen LogP contribution in [0.3, 0.4) is 0 Å². The number of rotatable bonds is 4. The van der Waals surface area contributed by atoms with E-state index in [-0.39, 0.29) is 19.0 Å². The second kappa shape index (κ2) is 6.87. The van der Waals surface area contributed by atoms with Gasteiger partial charge in [0, 0.05) is 19.6 Å². The average molecular weight is 328 g/mol. The zero-order chi connectivity index (χ0) is 16.3. The third-order valence-corrected chi connectivity index (χ3v) is 4.63. The monoisotopic (exact) mass is 328 g/mol. The molecule has 1 amide bonds. The van der Waals surface area contributed by atoms with Crippen LogP contribution in [0.15, 0.2) is 0 Å². The number of carbonyl (C=O) groups is 1. The minimum atomic E-state index is -4.49. The fourth-order valence-electron chi connectivity index (χ4n) is 2.02. The van der Waals surface area contributed by atoms with Crippen LogP contribution >= 0.6 is 0 Å². The number of ether oxygens (including phenoxy) is 1. The van der Waals surface area contributed by atoms with Crippen LogP contribution < -0.4 is 5.32 Å². The third kappa shape index (κ3) is 5.74. The molecular formula is C12H22F2N2O4S. The summed E-state index contributed by atoms with van der Waals surface area (Å²) >= 11 is 0. The molecule has 1 rings (SSSR count). The number of hydrogen-bond acceptors (Lipinski definition) is 4. The van der Waals surface area contributed by atoms with E-state index in [0.717, 1.165) is 4.31 Å². The van der Waals surface area contributed by atoms with Gasteiger partial charge in [0.1, 0.15) is 5.60 Å². The molecule has 1 aliphatic heterocycles. The van der Waals surface area contributed by atoms with E-state index in [4.69, 9.17) is 4.74 Å². The van der Waals surface area contributed by atoms with E-state index in [9.17, 15) is 22.0 Å². The van der Waals surface area contributed by atoms with Gasteiger partial charge in [0.05, 0.1) is 0 Å². The molecule has 0 aromatic rings. The summed E-state index contributed by atoms with van der Waals surface area (Å²) in [6, 6.07) is 0. The lowest BCUT2D eigenvalue weighted by atomic mass is 9.98. The maximum absolute atomic E-state index is 12.4. The summed E-state index contributed by atoms with van der Waals surface area (Å²) in [6.45, 7) is 5.69. The van der Waals surface area contributed by atoms with Crippen molar-refractivity contribution < 1.29 is 26.7 Å². The highest BCUT2D eigenvalue weighted by Crippen LogP contribution is 2.22. The number of amides is 1. The van der Waals surface area contributed by atoms with Crippen molar-refractivity contribution in [3.05, 3.63) is 0 Å². The first-order chi connectivity index (χ1) is 9.52. The largest absolute Gasteiger partial charge is 0.444 e. The highest BCUT2D eigenvalue weighted by atomic mass is 32.2. The van der Waals surface area contributed by atoms with Crippen molar-refractivity contribution in [1.82, 2.24) is 9.62 Å². The minimum Gasteiger partial charge on any atom is -0.444 e. The molecule has 0 saturated carbocycles. The van der Waals surface area contributed by atoms with Gasteiger partial charge in [-0.15, -0.1) is 0 Å². The van der Waals surface area contributed by atoms with Crippen LogP contribution in [0.1, 0.15) is 33.6 Å². The molecule has 0 unspecified atom stereocenters. The summed E-state index contributed by atoms with van der Waals surface area (Å²) in [4.78, 5) is 11.5. The first-order valence-corrected chi connectivity index (χ1v) is 8.26. The van der Waals surface area contributed by atoms with Gasteiger partial charge in [0.2, 0.25) is 0 Å². The SMILES string of the molecule is CC(C)(C)OC(=O)NCC1CCN(S(=O)(=O)C(F)F)CC1. The van der Waals surface area contributed by atoms with E-state index in [1.165, 1.54) is 0 Å². The third-order valence-electron chi connectivity index (χ3n) is 3.09. The molecule has 1 fully saturated rings. The molecule has 124 valence electrons. The summed E-state index contributed by atoms with van der Waals surface area (Å²) in [6.07, 6.45) is 0.328. The van der Waals surface area contributed by atoms with Crippen molar-refractivity contribution in [1.29, 1.82) is 0 Å². The highest BCUT2D eigenvalue weighted by Gasteiger charge is 2.34. The number of sulfonamides is 1. The van der Waals surface area contributed by atoms with Crippen LogP contribution in [0, 0.1) is 5.92 Å². The average Bonchev–Trinajstić information content (AvgIpc) is 2.34. The molecule has 1 aliphatic rings. The quantitative estimate of drug-likeness (QED) is 0.853. The van der Waals surface area contributed by atoms with Gasteiger partial charge in [-0.05, 0) is 39.5 Å². The Morgan fingerprint density at radius 2 is 1.86 bits per heavy atom. The zero-order valence-electron chi connectivity index (χ0n) is 12.4. The Morgan fingerprint density at radius 1 is 1.33 bits per heavy atom. The lowest BCUT2D eigenvalue weighted by Gasteiger charge is -2.31. The van der Waals surface area contributed by atoms with E-state index >= 15 is 0 Å². The van der Waals surface area contributed by atoms with Gasteiger partial charge in [-0.2, -0.15) is 13.1 Å². The number of hydrogen-bond donors (Lipinski definition) is 1. The smallest absolute Gasteiger partial charge is 0.407 e. The Hall–Kier alpha value is -0.960. The molecule has 0 aliphatic carbocycles. The summed E-state index contributed by atoms with van der Waals surface area (Å²) in [5.74, 6) is -3.32. The van der Waals surface area contributed by atoms with Crippen LogP contribution in [0.25, 0.3) is 0 Å². The number of nitrogens with one attached hydrogen (secondary N) is 1. The van der Waals surface area contributed by atoms with Crippen molar-refractivity contribution in [2.45, 2.75) is 45.0 Å². The van der Waals surface area contributed by atoms with E-state index in [1.54, 1.807) is 20.8 Å². The van der Waals surface area contributed by atoms with Gasteiger partial charge in [0.15, 0.2) is 0 Å². The van der Waals surface area contributed by atoms with Crippen LogP contribution in [0.2, 0.25) is 0 Å². The molecule has 0 radical (unpaired) electrons. The Morgan fingerprint density at radius 3 is 2.29 bits per heavy atom. The summed E-state index contributed by atoms with van der Waals surface area (Å²) in [5, 5.41) is 2.61. The molecule has 21 heavy (non-hydrogen) atoms. The topological polar surface area (TPSA) is 75.7 Å². The van der Waals surface area contributed by atoms with E-state index in [2.05, 4.69) is 5.32 Å². The van der Waals surface area contributed by atoms with Crippen LogP contribution in [-0.2, 0) is 14.8 Å². The summed E-state index contributed by atoms with van der Waals surface area (Å²) in [7, 11) is -4.49. The number of alkyl carbamates (subject to hydrolysis) is 1. The molecule has 0 aromatic heterocycles. The van der Waals surface area contributed by atoms with Crippen LogP contribution in [-0.4, -0.2) is 49.8 Å². The van der Waals surface area contributed by atoms with Crippen molar-refractivity contribution >= 4 is 16.1 Å². The molecule has 0 atom stereocenters. The van der Waals surface area contributed by atoms with Gasteiger partial charge < -0.3 is 10.1 Å². The highest BCUT2D eigenvalue weighted by molar-refractivity contribution is 7.89. The van der Waals surface area contributed by atoms with Gasteiger partial charge in [-0.25, -0.2) is 13.2 Å². The number of carbonyl (C=O) groups excluding carboxylic acids is 1. The number of piperidine rings is 1. The molecule has 1 saturated heterocycles. The van der Waals surface area contributed by atoms with Crippen molar-refractivity contribution in [2.75, 3.05) is 19.6 Å². The van der Waals surface area contributed by atoms with Gasteiger partial charge >= 0.3 is 11.9 Å². The molecular weight excluding hydrogens is 306 g/mol. The lowest BCUT2D eigenvalue weighted by Crippen LogP contribution is -2.44. The Kier molecular flexibility index (Phi) is 5.92. The fourth-order valence-corrected chi connectivity index (χ4v) is 2.97. The van der Waals surface area contributed by atoms with Crippen LogP contribution in [0.4, 0.5) is 13.6 Å². The number of nitrogens with zero attached hydrogens (tertiary/aromatic N) is 1. The first kappa shape index (κ1) is 18.1. The van der Waals surface area contributed by atoms with Crippen molar-refractivity contribution in [3.8, 4) is 0 Å². The summed E-state index contributed by atoms with van der Waals surface area (Å²) < 4.78 is 53.3. The molecule has 1 N–H and O–H groups in total. The normalized spacial score (nSPS) is 18.8. The molecule has 6 nitrogen and oxygen atoms in total. The molecule has 0 bridgehead atoms. The molecule has 0 aromatic carbocycles. The predicted octanol–water partition coefficient (Wildman–Crippen LogP) is 1.78. The van der Waals surface area contributed by atoms with Crippen LogP contribution in [0.5, 0.6) is 0 Å². The standard InChI is InChI=1S/C12H22F2N2O4S/c1-12(2,3)20-11(17)15-8-9-4-6-16(7-5-9)21(18,19)10(13)14/h9-10H,4-8H2,1-3H3,(H,15,17). The number of halogens is 2. The van der Waals surface area contributed by atoms with E-state index in [1.807, 2.05) is 0 Å². The van der Waals surface area contributed by atoms with E-state index < -0.39 is 27.5 Å². The minimum absolute atomic E-state index is 0.0489. The molecule has 0 spiro atoms. The van der Waals surface area contributed by atoms with Crippen molar-refractivity contribution in [2.24, 2.45) is 5.92 Å². The predicted molar refractivity (Wildman–Crippen MR) is 73.5 cm³/mol. The van der Waals surface area contributed by atoms with Gasteiger partial charge in [-0.1, -0.05) is 0 Å².